The van der Waals surface area contributed by atoms with E-state index < -0.39 is 0 Å². The van der Waals surface area contributed by atoms with E-state index in [0.29, 0.717) is 24.5 Å². The molecule has 0 spiro atoms. The van der Waals surface area contributed by atoms with Crippen LogP contribution in [0.15, 0.2) is 48.5 Å². The highest BCUT2D eigenvalue weighted by atomic mass is 35.5. The topological polar surface area (TPSA) is 41.6 Å². The molecule has 1 N–H and O–H groups in total. The predicted molar refractivity (Wildman–Crippen MR) is 119 cm³/mol. The average molecular weight is 405 g/mol. The first-order chi connectivity index (χ1) is 12.7. The van der Waals surface area contributed by atoms with Crippen LogP contribution >= 0.6 is 12.4 Å². The van der Waals surface area contributed by atoms with Gasteiger partial charge < -0.3 is 15.0 Å². The van der Waals surface area contributed by atoms with Gasteiger partial charge in [0.1, 0.15) is 5.75 Å². The van der Waals surface area contributed by atoms with Crippen LogP contribution in [0.25, 0.3) is 0 Å². The number of ether oxygens (including phenoxy) is 1. The predicted octanol–water partition coefficient (Wildman–Crippen LogP) is 4.84. The molecule has 2 aromatic rings. The molecule has 1 unspecified atom stereocenters. The van der Waals surface area contributed by atoms with Gasteiger partial charge in [-0.2, -0.15) is 0 Å². The fourth-order valence-corrected chi connectivity index (χ4v) is 3.02. The molecule has 1 atom stereocenters. The average Bonchev–Trinajstić information content (AvgIpc) is 2.62. The largest absolute Gasteiger partial charge is 0.493 e. The first-order valence-electron chi connectivity index (χ1n) is 9.51. The lowest BCUT2D eigenvalue weighted by Gasteiger charge is -2.26. The van der Waals surface area contributed by atoms with Crippen LogP contribution < -0.4 is 10.1 Å². The summed E-state index contributed by atoms with van der Waals surface area (Å²) >= 11 is 0. The van der Waals surface area contributed by atoms with Crippen molar-refractivity contribution in [3.8, 4) is 5.75 Å². The molecular formula is C23H33ClN2O2. The molecule has 0 radical (unpaired) electrons. The lowest BCUT2D eigenvalue weighted by atomic mass is 9.86. The number of para-hydroxylation sites is 1. The smallest absolute Gasteiger partial charge is 0.255 e. The molecule has 2 rings (SSSR count). The molecule has 0 aliphatic heterocycles. The molecule has 0 aromatic heterocycles. The number of hydrogen-bond acceptors (Lipinski definition) is 3. The molecule has 0 saturated carbocycles. The summed E-state index contributed by atoms with van der Waals surface area (Å²) < 4.78 is 5.57. The third-order valence-electron chi connectivity index (χ3n) is 4.67. The summed E-state index contributed by atoms with van der Waals surface area (Å²) in [6.45, 7) is 9.61. The second-order valence-corrected chi connectivity index (χ2v) is 7.99. The van der Waals surface area contributed by atoms with Gasteiger partial charge in [-0.1, -0.05) is 57.2 Å². The van der Waals surface area contributed by atoms with Gasteiger partial charge in [0.05, 0.1) is 18.2 Å². The Hall–Kier alpha value is -2.04. The van der Waals surface area contributed by atoms with Crippen molar-refractivity contribution in [3.63, 3.8) is 0 Å². The monoisotopic (exact) mass is 404 g/mol. The Morgan fingerprint density at radius 2 is 1.68 bits per heavy atom. The Kier molecular flexibility index (Phi) is 8.99. The highest BCUT2D eigenvalue weighted by Gasteiger charge is 2.19. The maximum absolute atomic E-state index is 12.7. The first-order valence-corrected chi connectivity index (χ1v) is 9.51. The molecule has 5 heteroatoms. The van der Waals surface area contributed by atoms with Gasteiger partial charge in [0, 0.05) is 6.54 Å². The lowest BCUT2D eigenvalue weighted by Crippen LogP contribution is -2.34. The van der Waals surface area contributed by atoms with Crippen LogP contribution in [0.3, 0.4) is 0 Å². The zero-order chi connectivity index (χ0) is 20.0. The van der Waals surface area contributed by atoms with Gasteiger partial charge >= 0.3 is 0 Å². The van der Waals surface area contributed by atoms with Crippen LogP contribution in [0, 0.1) is 0 Å². The van der Waals surface area contributed by atoms with Gasteiger partial charge in [-0.3, -0.25) is 4.79 Å². The van der Waals surface area contributed by atoms with Crippen LogP contribution in [0.2, 0.25) is 0 Å². The summed E-state index contributed by atoms with van der Waals surface area (Å²) in [4.78, 5) is 14.8. The summed E-state index contributed by atoms with van der Waals surface area (Å²) in [7, 11) is 4.06. The summed E-state index contributed by atoms with van der Waals surface area (Å²) in [6, 6.07) is 16.1. The maximum Gasteiger partial charge on any atom is 0.255 e. The van der Waals surface area contributed by atoms with Crippen LogP contribution in [-0.2, 0) is 5.41 Å². The Labute approximate surface area is 175 Å². The molecule has 154 valence electrons. The van der Waals surface area contributed by atoms with Gasteiger partial charge in [0.15, 0.2) is 0 Å². The molecule has 0 fully saturated rings. The number of rotatable bonds is 7. The van der Waals surface area contributed by atoms with Gasteiger partial charge in [-0.05, 0) is 49.7 Å². The third kappa shape index (κ3) is 6.25. The molecule has 1 amide bonds. The second-order valence-electron chi connectivity index (χ2n) is 7.99. The molecule has 4 nitrogen and oxygen atoms in total. The number of likely N-dealkylation sites (N-methyl/N-ethyl adjacent to an activating group) is 1. The number of halogens is 1. The molecule has 28 heavy (non-hydrogen) atoms. The van der Waals surface area contributed by atoms with Crippen molar-refractivity contribution < 1.29 is 9.53 Å². The van der Waals surface area contributed by atoms with Crippen LogP contribution in [0.1, 0.15) is 55.2 Å². The van der Waals surface area contributed by atoms with E-state index in [1.165, 1.54) is 11.1 Å². The second kappa shape index (κ2) is 10.5. The number of carbonyl (C=O) groups is 1. The van der Waals surface area contributed by atoms with Crippen molar-refractivity contribution >= 4 is 18.3 Å². The Balaban J connectivity index is 0.00000392. The van der Waals surface area contributed by atoms with E-state index in [-0.39, 0.29) is 29.8 Å². The van der Waals surface area contributed by atoms with E-state index >= 15 is 0 Å². The van der Waals surface area contributed by atoms with Crippen molar-refractivity contribution in [1.29, 1.82) is 0 Å². The molecule has 0 bridgehead atoms. The Bertz CT molecular complexity index is 752. The van der Waals surface area contributed by atoms with Crippen molar-refractivity contribution in [3.05, 3.63) is 65.2 Å². The number of benzene rings is 2. The lowest BCUT2D eigenvalue weighted by molar-refractivity contribution is 0.0938. The zero-order valence-corrected chi connectivity index (χ0v) is 18.6. The Morgan fingerprint density at radius 1 is 1.07 bits per heavy atom. The van der Waals surface area contributed by atoms with Gasteiger partial charge in [0.2, 0.25) is 0 Å². The molecule has 2 aromatic carbocycles. The van der Waals surface area contributed by atoms with Crippen molar-refractivity contribution in [2.24, 2.45) is 0 Å². The van der Waals surface area contributed by atoms with Crippen LogP contribution in [0.4, 0.5) is 0 Å². The maximum atomic E-state index is 12.7. The van der Waals surface area contributed by atoms with Crippen molar-refractivity contribution in [2.75, 3.05) is 27.2 Å². The van der Waals surface area contributed by atoms with Gasteiger partial charge in [0.25, 0.3) is 5.91 Å². The minimum atomic E-state index is -0.114. The van der Waals surface area contributed by atoms with Crippen LogP contribution in [0.5, 0.6) is 5.75 Å². The normalized spacial score (nSPS) is 12.2. The Morgan fingerprint density at radius 3 is 2.21 bits per heavy atom. The van der Waals surface area contributed by atoms with E-state index in [0.717, 1.165) is 0 Å². The molecule has 0 aliphatic rings. The molecule has 0 heterocycles. The highest BCUT2D eigenvalue weighted by molar-refractivity contribution is 5.96. The summed E-state index contributed by atoms with van der Waals surface area (Å²) in [5, 5.41) is 3.06. The standard InChI is InChI=1S/C23H32N2O2.ClH/c1-7-27-21-11-9-8-10-19(21)22(26)24-16-20(25(5)6)17-12-14-18(15-13-17)23(2,3)4;/h8-15,20H,7,16H2,1-6H3,(H,24,26);1H. The number of hydrogen-bond donors (Lipinski definition) is 1. The number of carbonyl (C=O) groups excluding carboxylic acids is 1. The van der Waals surface area contributed by atoms with Gasteiger partial charge in [-0.25, -0.2) is 0 Å². The summed E-state index contributed by atoms with van der Waals surface area (Å²) in [5.41, 5.74) is 3.19. The number of nitrogens with one attached hydrogen (secondary N) is 1. The van der Waals surface area contributed by atoms with E-state index in [2.05, 4.69) is 55.3 Å². The number of nitrogens with zero attached hydrogens (tertiary/aromatic N) is 1. The molecule has 0 aliphatic carbocycles. The van der Waals surface area contributed by atoms with Crippen molar-refractivity contribution in [1.82, 2.24) is 10.2 Å². The fraction of sp³-hybridized carbons (Fsp3) is 0.435. The number of amides is 1. The van der Waals surface area contributed by atoms with E-state index in [1.807, 2.05) is 39.2 Å². The first kappa shape index (κ1) is 24.0. The molecular weight excluding hydrogens is 372 g/mol. The van der Waals surface area contributed by atoms with E-state index in [9.17, 15) is 4.79 Å². The summed E-state index contributed by atoms with van der Waals surface area (Å²) in [6.07, 6.45) is 0. The van der Waals surface area contributed by atoms with E-state index in [1.54, 1.807) is 6.07 Å². The van der Waals surface area contributed by atoms with Gasteiger partial charge in [-0.15, -0.1) is 12.4 Å². The van der Waals surface area contributed by atoms with E-state index in [4.69, 9.17) is 4.74 Å². The minimum absolute atomic E-state index is 0. The summed E-state index contributed by atoms with van der Waals surface area (Å²) in [5.74, 6) is 0.505. The molecule has 0 saturated heterocycles. The SMILES string of the molecule is CCOc1ccccc1C(=O)NCC(c1ccc(C(C)(C)C)cc1)N(C)C.Cl. The quantitative estimate of drug-likeness (QED) is 0.718. The minimum Gasteiger partial charge on any atom is -0.493 e. The van der Waals surface area contributed by atoms with Crippen LogP contribution in [-0.4, -0.2) is 38.1 Å². The van der Waals surface area contributed by atoms with Crippen molar-refractivity contribution in [2.45, 2.75) is 39.2 Å². The zero-order valence-electron chi connectivity index (χ0n) is 17.8. The third-order valence-corrected chi connectivity index (χ3v) is 4.67. The highest BCUT2D eigenvalue weighted by Crippen LogP contribution is 2.25. The fourth-order valence-electron chi connectivity index (χ4n) is 3.02.